The summed E-state index contributed by atoms with van der Waals surface area (Å²) in [5, 5.41) is 103. The van der Waals surface area contributed by atoms with Crippen molar-refractivity contribution in [3.8, 4) is 33.9 Å². The van der Waals surface area contributed by atoms with Gasteiger partial charge in [-0.05, 0) is 94.6 Å². The lowest BCUT2D eigenvalue weighted by Gasteiger charge is -2.59. The number of esters is 1. The highest BCUT2D eigenvalue weighted by molar-refractivity contribution is 5.99. The highest BCUT2D eigenvalue weighted by Gasteiger charge is 2.75. The molecule has 3 aromatic carbocycles. The summed E-state index contributed by atoms with van der Waals surface area (Å²) in [7, 11) is 1.67. The third kappa shape index (κ3) is 11.7. The lowest BCUT2D eigenvalue weighted by Crippen LogP contribution is -2.86. The number of fused-ring (bicyclic) bond motifs is 2. The van der Waals surface area contributed by atoms with Gasteiger partial charge in [0.1, 0.15) is 53.8 Å². The van der Waals surface area contributed by atoms with Crippen LogP contribution >= 0.6 is 0 Å². The van der Waals surface area contributed by atoms with E-state index in [1.165, 1.54) is 59.7 Å². The van der Waals surface area contributed by atoms with Gasteiger partial charge in [0.05, 0.1) is 35.4 Å². The summed E-state index contributed by atoms with van der Waals surface area (Å²) < 4.78 is 26.4. The number of aromatic hydroxyl groups is 1. The second-order valence-electron chi connectivity index (χ2n) is 20.9. The molecule has 1 saturated heterocycles. The molecule has 6 aromatic rings. The zero-order valence-electron chi connectivity index (χ0n) is 45.3. The predicted molar refractivity (Wildman–Crippen MR) is 295 cm³/mol. The van der Waals surface area contributed by atoms with E-state index in [-0.39, 0.29) is 60.4 Å². The molecular formula is C57H69N7O18. The number of carbonyl (C=O) groups excluding carboxylic acids is 3. The third-order valence-electron chi connectivity index (χ3n) is 15.3. The number of nitrogens with one attached hydrogen (secondary N) is 4. The van der Waals surface area contributed by atoms with Gasteiger partial charge in [-0.25, -0.2) is 14.6 Å². The van der Waals surface area contributed by atoms with Crippen LogP contribution in [0.2, 0.25) is 0 Å². The number of rotatable bonds is 25. The molecule has 4 heterocycles. The Morgan fingerprint density at radius 1 is 1.02 bits per heavy atom. The normalized spacial score (nSPS) is 24.5. The fraction of sp³-hybridized carbons (Fsp3) is 0.439. The zero-order chi connectivity index (χ0) is 59.1. The number of aromatic nitrogens is 2. The number of carbonyl (C=O) groups is 4. The Balaban J connectivity index is 1.37. The summed E-state index contributed by atoms with van der Waals surface area (Å²) in [6, 6.07) is 14.7. The number of guanidine groups is 1. The first-order chi connectivity index (χ1) is 39.2. The maximum absolute atomic E-state index is 14.5. The first-order valence-electron chi connectivity index (χ1n) is 26.7. The first kappa shape index (κ1) is 60.4. The molecule has 10 atom stereocenters. The molecule has 25 heteroatoms. The van der Waals surface area contributed by atoms with E-state index in [4.69, 9.17) is 29.2 Å². The van der Waals surface area contributed by atoms with Crippen molar-refractivity contribution in [2.75, 3.05) is 40.0 Å². The van der Waals surface area contributed by atoms with Crippen LogP contribution in [0.3, 0.4) is 0 Å². The molecular weight excluding hydrogens is 1070 g/mol. The number of benzene rings is 3. The number of carboxylic acids is 1. The van der Waals surface area contributed by atoms with E-state index in [2.05, 4.69) is 25.9 Å². The van der Waals surface area contributed by atoms with Crippen LogP contribution in [0, 0.1) is 19.8 Å². The van der Waals surface area contributed by atoms with E-state index in [9.17, 15) is 64.8 Å². The number of phenols is 1. The van der Waals surface area contributed by atoms with Crippen LogP contribution in [0.1, 0.15) is 56.1 Å². The Morgan fingerprint density at radius 3 is 2.43 bits per heavy atom. The molecule has 0 bridgehead atoms. The SMILES string of the molecule is CNCC1CCCCC1(C=O)N=C(N)NC(CO)(OC(=O)C(NCCC=O)C(=O)O)C1OC(Oc2ccc3c(=O)c(-c4ccc(O)cc4)coc3c2)C(On2cc3cc[nH]c3c2-c2cc(C)cc(C)c2)C(O)(C(O)CCCO)C1(O)CO. The molecule has 0 radical (unpaired) electrons. The number of H-pyrrole nitrogens is 1. The highest BCUT2D eigenvalue weighted by atomic mass is 16.8. The molecule has 440 valence electrons. The number of aromatic amines is 1. The molecule has 1 aliphatic heterocycles. The Hall–Kier alpha value is -7.72. The number of aliphatic hydroxyl groups excluding tert-OH is 4. The average Bonchev–Trinajstić information content (AvgIpc) is 4.16. The molecule has 0 spiro atoms. The summed E-state index contributed by atoms with van der Waals surface area (Å²) in [5.41, 5.74) is -1.96. The summed E-state index contributed by atoms with van der Waals surface area (Å²) in [6.07, 6.45) is -3.40. The summed E-state index contributed by atoms with van der Waals surface area (Å²) in [6.45, 7) is -0.223. The minimum absolute atomic E-state index is 0.0374. The number of ether oxygens (including phenoxy) is 3. The van der Waals surface area contributed by atoms with Crippen molar-refractivity contribution in [2.45, 2.75) is 112 Å². The van der Waals surface area contributed by atoms with Crippen LogP contribution in [-0.4, -0.2) is 174 Å². The van der Waals surface area contributed by atoms with Gasteiger partial charge in [-0.15, -0.1) is 0 Å². The number of carboxylic acid groups (broad SMARTS) is 1. The zero-order valence-corrected chi connectivity index (χ0v) is 45.3. The van der Waals surface area contributed by atoms with Crippen LogP contribution < -0.4 is 36.7 Å². The third-order valence-corrected chi connectivity index (χ3v) is 15.3. The van der Waals surface area contributed by atoms with Crippen LogP contribution in [0.5, 0.6) is 11.5 Å². The van der Waals surface area contributed by atoms with E-state index in [1.54, 1.807) is 19.3 Å². The van der Waals surface area contributed by atoms with Crippen molar-refractivity contribution in [3.63, 3.8) is 0 Å². The number of aryl methyl sites for hydroxylation is 2. The van der Waals surface area contributed by atoms with Crippen LogP contribution in [-0.2, 0) is 28.7 Å². The number of aldehydes is 2. The number of aliphatic imine (C=N–C) groups is 1. The molecule has 2 aliphatic rings. The number of nitrogens with two attached hydrogens (primary N) is 1. The molecule has 8 rings (SSSR count). The summed E-state index contributed by atoms with van der Waals surface area (Å²) in [5.74, 6) is -5.08. The van der Waals surface area contributed by atoms with Gasteiger partial charge < -0.3 is 95.3 Å². The second kappa shape index (κ2) is 25.2. The van der Waals surface area contributed by atoms with Gasteiger partial charge >= 0.3 is 11.9 Å². The molecule has 1 aliphatic carbocycles. The Bertz CT molecular complexity index is 3320. The number of hydrogen-bond acceptors (Lipinski definition) is 20. The van der Waals surface area contributed by atoms with E-state index >= 15 is 0 Å². The van der Waals surface area contributed by atoms with Crippen molar-refractivity contribution in [3.05, 3.63) is 107 Å². The number of hydrogen-bond donors (Lipinski definition) is 13. The Morgan fingerprint density at radius 2 is 1.77 bits per heavy atom. The highest BCUT2D eigenvalue weighted by Crippen LogP contribution is 2.48. The molecule has 3 aromatic heterocycles. The van der Waals surface area contributed by atoms with E-state index in [1.807, 2.05) is 32.0 Å². The van der Waals surface area contributed by atoms with Gasteiger partial charge in [-0.3, -0.25) is 10.1 Å². The fourth-order valence-electron chi connectivity index (χ4n) is 11.3. The minimum Gasteiger partial charge on any atom is -0.508 e. The fourth-order valence-corrected chi connectivity index (χ4v) is 11.3. The van der Waals surface area contributed by atoms with Gasteiger partial charge in [0.25, 0.3) is 0 Å². The Kier molecular flexibility index (Phi) is 18.5. The maximum atomic E-state index is 14.5. The number of aliphatic carboxylic acids is 1. The molecule has 82 heavy (non-hydrogen) atoms. The minimum atomic E-state index is -3.51. The molecule has 2 fully saturated rings. The summed E-state index contributed by atoms with van der Waals surface area (Å²) >= 11 is 0. The lowest BCUT2D eigenvalue weighted by molar-refractivity contribution is -0.400. The van der Waals surface area contributed by atoms with Crippen LogP contribution in [0.25, 0.3) is 44.3 Å². The van der Waals surface area contributed by atoms with E-state index in [0.29, 0.717) is 59.6 Å². The quantitative estimate of drug-likeness (QED) is 0.00724. The van der Waals surface area contributed by atoms with E-state index in [0.717, 1.165) is 11.1 Å². The largest absolute Gasteiger partial charge is 0.508 e. The molecule has 10 unspecified atom stereocenters. The smallest absolute Gasteiger partial charge is 0.337 e. The van der Waals surface area contributed by atoms with Crippen molar-refractivity contribution in [2.24, 2.45) is 16.6 Å². The maximum Gasteiger partial charge on any atom is 0.337 e. The summed E-state index contributed by atoms with van der Waals surface area (Å²) in [4.78, 5) is 80.4. The second-order valence-corrected chi connectivity index (χ2v) is 20.9. The number of aliphatic hydroxyl groups is 6. The average molecular weight is 1140 g/mol. The topological polar surface area (TPSA) is 392 Å². The van der Waals surface area contributed by atoms with Gasteiger partial charge in [0.15, 0.2) is 28.7 Å². The van der Waals surface area contributed by atoms with Crippen molar-refractivity contribution in [1.82, 2.24) is 25.7 Å². The molecule has 25 nitrogen and oxygen atoms in total. The monoisotopic (exact) mass is 1140 g/mol. The van der Waals surface area contributed by atoms with Crippen molar-refractivity contribution >= 4 is 52.3 Å². The van der Waals surface area contributed by atoms with Gasteiger partial charge in [-0.2, -0.15) is 4.73 Å². The van der Waals surface area contributed by atoms with Crippen molar-refractivity contribution in [1.29, 1.82) is 0 Å². The van der Waals surface area contributed by atoms with E-state index < -0.39 is 109 Å². The molecule has 0 amide bonds. The lowest BCUT2D eigenvalue weighted by atomic mass is 9.66. The van der Waals surface area contributed by atoms with Gasteiger partial charge in [0.2, 0.25) is 24.2 Å². The molecule has 14 N–H and O–H groups in total. The standard InChI is InChI=1S/C57H69N7O18/c1-32-22-33(2)24-36(23-32)46-44-35(16-19-61-44)27-64(46)82-48-51(79-39-14-15-40-42(25-39)78-28-41(47(40)72)34-10-12-38(70)13-11-34)80-52(55(76,30-68)57(48,77)43(71)9-6-20-65)56(31-69,81-50(75)45(49(73)74)60-18-7-21-66)63-53(58)62-54(29-67)17-5-4-8-37(54)26-59-3/h10-16,19,21-25,27-29,37,43,45,48,51-52,59-61,65,68-71,76-77H,4-9,17-18,20,26,30-31H2,1-3H3,(H,73,74)(H3,58,62,63). The van der Waals surface area contributed by atoms with Gasteiger partial charge in [-0.1, -0.05) is 42.2 Å². The first-order valence-corrected chi connectivity index (χ1v) is 26.7. The van der Waals surface area contributed by atoms with Crippen LogP contribution in [0.15, 0.2) is 99.6 Å². The van der Waals surface area contributed by atoms with Crippen molar-refractivity contribution < 1.29 is 83.5 Å². The number of phenolic OH excluding ortho intramolecular Hbond substituents is 1. The predicted octanol–water partition coefficient (Wildman–Crippen LogP) is 1.04. The number of nitrogens with zero attached hydrogens (tertiary/aromatic N) is 2. The van der Waals surface area contributed by atoms with Gasteiger partial charge in [0, 0.05) is 55.2 Å². The molecule has 1 saturated carbocycles. The van der Waals surface area contributed by atoms with Crippen LogP contribution in [0.4, 0.5) is 0 Å². The Labute approximate surface area is 469 Å².